The zero-order valence-corrected chi connectivity index (χ0v) is 14.4. The van der Waals surface area contributed by atoms with Crippen LogP contribution in [0, 0.1) is 6.92 Å². The van der Waals surface area contributed by atoms with Gasteiger partial charge in [-0.05, 0) is 43.0 Å². The Labute approximate surface area is 142 Å². The molecule has 0 aliphatic carbocycles. The van der Waals surface area contributed by atoms with E-state index in [1.54, 1.807) is 20.4 Å². The van der Waals surface area contributed by atoms with Crippen LogP contribution in [0.25, 0.3) is 0 Å². The highest BCUT2D eigenvalue weighted by Gasteiger charge is 2.21. The first-order chi connectivity index (χ1) is 11.6. The van der Waals surface area contributed by atoms with Crippen molar-refractivity contribution >= 4 is 5.91 Å². The Bertz CT molecular complexity index is 704. The number of amides is 1. The van der Waals surface area contributed by atoms with Gasteiger partial charge in [-0.3, -0.25) is 4.79 Å². The Balaban J connectivity index is 1.73. The number of hydrogen-bond donors (Lipinski definition) is 0. The number of aryl methyl sites for hydroxylation is 1. The summed E-state index contributed by atoms with van der Waals surface area (Å²) in [6.07, 6.45) is 5.21. The van der Waals surface area contributed by atoms with Gasteiger partial charge in [-0.15, -0.1) is 0 Å². The Morgan fingerprint density at radius 1 is 1.12 bits per heavy atom. The lowest BCUT2D eigenvalue weighted by molar-refractivity contribution is -0.131. The normalized spacial score (nSPS) is 14.0. The number of benzene rings is 1. The van der Waals surface area contributed by atoms with Crippen molar-refractivity contribution in [2.75, 3.05) is 27.3 Å². The lowest BCUT2D eigenvalue weighted by Crippen LogP contribution is -2.35. The second-order valence-electron chi connectivity index (χ2n) is 5.96. The number of hydrogen-bond acceptors (Lipinski definition) is 4. The quantitative estimate of drug-likeness (QED) is 0.859. The van der Waals surface area contributed by atoms with Gasteiger partial charge < -0.3 is 18.9 Å². The van der Waals surface area contributed by atoms with E-state index >= 15 is 0 Å². The van der Waals surface area contributed by atoms with Crippen LogP contribution in [0.1, 0.15) is 17.0 Å². The fraction of sp³-hybridized carbons (Fsp3) is 0.444. The fourth-order valence-corrected chi connectivity index (χ4v) is 3.12. The summed E-state index contributed by atoms with van der Waals surface area (Å²) >= 11 is 0. The molecule has 6 heteroatoms. The fourth-order valence-electron chi connectivity index (χ4n) is 3.12. The molecule has 0 bridgehead atoms. The van der Waals surface area contributed by atoms with Crippen LogP contribution in [0.3, 0.4) is 0 Å². The van der Waals surface area contributed by atoms with Gasteiger partial charge in [0, 0.05) is 25.5 Å². The maximum Gasteiger partial charge on any atom is 0.242 e. The zero-order chi connectivity index (χ0) is 17.1. The highest BCUT2D eigenvalue weighted by molar-refractivity contribution is 5.76. The number of imidazole rings is 1. The Morgan fingerprint density at radius 2 is 1.71 bits per heavy atom. The number of methoxy groups -OCH3 is 2. The molecule has 0 N–H and O–H groups in total. The molecule has 1 amide bonds. The minimum atomic E-state index is 0.128. The molecule has 0 saturated heterocycles. The molecule has 2 aromatic rings. The lowest BCUT2D eigenvalue weighted by Gasteiger charge is -2.20. The average Bonchev–Trinajstić information content (AvgIpc) is 2.87. The molecular formula is C18H23N3O3. The summed E-state index contributed by atoms with van der Waals surface area (Å²) < 4.78 is 12.7. The van der Waals surface area contributed by atoms with Gasteiger partial charge in [0.15, 0.2) is 11.5 Å². The zero-order valence-electron chi connectivity index (χ0n) is 14.4. The molecule has 1 aliphatic heterocycles. The minimum absolute atomic E-state index is 0.128. The Morgan fingerprint density at radius 3 is 2.17 bits per heavy atom. The van der Waals surface area contributed by atoms with E-state index in [2.05, 4.69) is 4.98 Å². The number of carbonyl (C=O) groups excluding carboxylic acids is 1. The van der Waals surface area contributed by atoms with E-state index in [1.807, 2.05) is 34.7 Å². The van der Waals surface area contributed by atoms with Gasteiger partial charge in [-0.25, -0.2) is 4.98 Å². The molecule has 0 atom stereocenters. The topological polar surface area (TPSA) is 56.6 Å². The minimum Gasteiger partial charge on any atom is -0.493 e. The van der Waals surface area contributed by atoms with Crippen molar-refractivity contribution in [1.82, 2.24) is 14.5 Å². The third-order valence-electron chi connectivity index (χ3n) is 4.59. The molecule has 0 radical (unpaired) electrons. The van der Waals surface area contributed by atoms with Crippen molar-refractivity contribution in [3.8, 4) is 11.5 Å². The lowest BCUT2D eigenvalue weighted by atomic mass is 10.0. The van der Waals surface area contributed by atoms with Crippen LogP contribution < -0.4 is 9.47 Å². The molecule has 3 rings (SSSR count). The first-order valence-corrected chi connectivity index (χ1v) is 8.11. The molecule has 2 heterocycles. The molecule has 0 saturated carbocycles. The molecule has 0 spiro atoms. The Hall–Kier alpha value is -2.50. The molecule has 1 aromatic carbocycles. The predicted octanol–water partition coefficient (Wildman–Crippen LogP) is 1.84. The van der Waals surface area contributed by atoms with Gasteiger partial charge in [0.05, 0.1) is 14.2 Å². The monoisotopic (exact) mass is 329 g/mol. The SMILES string of the molecule is COc1cc2c(cc1OC)CCN(C(=O)Cn1ccnc1C)CC2. The van der Waals surface area contributed by atoms with E-state index in [-0.39, 0.29) is 5.91 Å². The number of rotatable bonds is 4. The maximum atomic E-state index is 12.6. The third kappa shape index (κ3) is 3.22. The van der Waals surface area contributed by atoms with Crippen LogP contribution in [0.2, 0.25) is 0 Å². The number of aromatic nitrogens is 2. The van der Waals surface area contributed by atoms with Crippen molar-refractivity contribution in [2.24, 2.45) is 0 Å². The van der Waals surface area contributed by atoms with Gasteiger partial charge >= 0.3 is 0 Å². The highest BCUT2D eigenvalue weighted by atomic mass is 16.5. The first-order valence-electron chi connectivity index (χ1n) is 8.11. The summed E-state index contributed by atoms with van der Waals surface area (Å²) in [5.74, 6) is 2.47. The summed E-state index contributed by atoms with van der Waals surface area (Å²) in [4.78, 5) is 18.7. The molecule has 0 unspecified atom stereocenters. The van der Waals surface area contributed by atoms with Crippen LogP contribution >= 0.6 is 0 Å². The van der Waals surface area contributed by atoms with Crippen LogP contribution in [0.5, 0.6) is 11.5 Å². The maximum absolute atomic E-state index is 12.6. The van der Waals surface area contributed by atoms with E-state index < -0.39 is 0 Å². The molecule has 1 aromatic heterocycles. The molecule has 24 heavy (non-hydrogen) atoms. The van der Waals surface area contributed by atoms with E-state index in [4.69, 9.17) is 9.47 Å². The summed E-state index contributed by atoms with van der Waals surface area (Å²) in [5.41, 5.74) is 2.45. The van der Waals surface area contributed by atoms with Crippen molar-refractivity contribution < 1.29 is 14.3 Å². The van der Waals surface area contributed by atoms with E-state index in [1.165, 1.54) is 11.1 Å². The van der Waals surface area contributed by atoms with Crippen LogP contribution in [-0.4, -0.2) is 47.7 Å². The number of ether oxygens (including phenoxy) is 2. The second kappa shape index (κ2) is 6.95. The van der Waals surface area contributed by atoms with E-state index in [0.717, 1.165) is 43.3 Å². The smallest absolute Gasteiger partial charge is 0.242 e. The van der Waals surface area contributed by atoms with Gasteiger partial charge in [0.2, 0.25) is 5.91 Å². The molecule has 0 fully saturated rings. The second-order valence-corrected chi connectivity index (χ2v) is 5.96. The molecule has 128 valence electrons. The van der Waals surface area contributed by atoms with Gasteiger partial charge in [-0.1, -0.05) is 0 Å². The first kappa shape index (κ1) is 16.4. The van der Waals surface area contributed by atoms with E-state index in [0.29, 0.717) is 6.54 Å². The van der Waals surface area contributed by atoms with Gasteiger partial charge in [0.1, 0.15) is 12.4 Å². The van der Waals surface area contributed by atoms with E-state index in [9.17, 15) is 4.79 Å². The molecule has 1 aliphatic rings. The van der Waals surface area contributed by atoms with Crippen molar-refractivity contribution in [1.29, 1.82) is 0 Å². The standard InChI is InChI=1S/C18H23N3O3/c1-13-19-6-9-21(13)12-18(22)20-7-4-14-10-16(23-2)17(24-3)11-15(14)5-8-20/h6,9-11H,4-5,7-8,12H2,1-3H3. The van der Waals surface area contributed by atoms with Gasteiger partial charge in [0.25, 0.3) is 0 Å². The van der Waals surface area contributed by atoms with Crippen LogP contribution in [-0.2, 0) is 24.2 Å². The number of fused-ring (bicyclic) bond motifs is 1. The summed E-state index contributed by atoms with van der Waals surface area (Å²) in [6, 6.07) is 4.06. The number of carbonyl (C=O) groups is 1. The average molecular weight is 329 g/mol. The third-order valence-corrected chi connectivity index (χ3v) is 4.59. The van der Waals surface area contributed by atoms with Crippen molar-refractivity contribution in [3.05, 3.63) is 41.5 Å². The molecule has 6 nitrogen and oxygen atoms in total. The van der Waals surface area contributed by atoms with Crippen LogP contribution in [0.4, 0.5) is 0 Å². The Kier molecular flexibility index (Phi) is 4.74. The van der Waals surface area contributed by atoms with Crippen LogP contribution in [0.15, 0.2) is 24.5 Å². The molecular weight excluding hydrogens is 306 g/mol. The summed E-state index contributed by atoms with van der Waals surface area (Å²) in [7, 11) is 3.29. The van der Waals surface area contributed by atoms with Crippen molar-refractivity contribution in [2.45, 2.75) is 26.3 Å². The summed E-state index contributed by atoms with van der Waals surface area (Å²) in [5, 5.41) is 0. The predicted molar refractivity (Wildman–Crippen MR) is 90.5 cm³/mol. The number of nitrogens with zero attached hydrogens (tertiary/aromatic N) is 3. The highest BCUT2D eigenvalue weighted by Crippen LogP contribution is 2.32. The van der Waals surface area contributed by atoms with Gasteiger partial charge in [-0.2, -0.15) is 0 Å². The largest absolute Gasteiger partial charge is 0.493 e. The summed E-state index contributed by atoms with van der Waals surface area (Å²) in [6.45, 7) is 3.68. The van der Waals surface area contributed by atoms with Crippen molar-refractivity contribution in [3.63, 3.8) is 0 Å².